The van der Waals surface area contributed by atoms with E-state index in [1.165, 1.54) is 17.4 Å². The lowest BCUT2D eigenvalue weighted by Crippen LogP contribution is -2.11. The molecule has 0 radical (unpaired) electrons. The number of pyridine rings is 1. The Morgan fingerprint density at radius 2 is 2.00 bits per heavy atom. The molecule has 0 fully saturated rings. The van der Waals surface area contributed by atoms with E-state index in [1.807, 2.05) is 6.07 Å². The third kappa shape index (κ3) is 2.16. The number of aryl methyl sites for hydroxylation is 1. The van der Waals surface area contributed by atoms with Crippen molar-refractivity contribution in [3.05, 3.63) is 59.0 Å². The smallest absolute Gasteiger partial charge is 0.266 e. The standard InChI is InChI=1S/C15H11FN2OS/c1-9-13-11(16)3-2-4-12(13)20-14(9)15(19)18-10-5-7-17-8-6-10/h2-8H,1H3,(H,17,18,19). The second kappa shape index (κ2) is 5.02. The first-order valence-electron chi connectivity index (χ1n) is 6.06. The number of fused-ring (bicyclic) bond motifs is 1. The quantitative estimate of drug-likeness (QED) is 0.773. The van der Waals surface area contributed by atoms with Crippen LogP contribution in [0.25, 0.3) is 10.1 Å². The zero-order valence-electron chi connectivity index (χ0n) is 10.7. The summed E-state index contributed by atoms with van der Waals surface area (Å²) in [7, 11) is 0. The number of benzene rings is 1. The Kier molecular flexibility index (Phi) is 3.20. The average Bonchev–Trinajstić information content (AvgIpc) is 2.79. The van der Waals surface area contributed by atoms with E-state index in [4.69, 9.17) is 0 Å². The number of halogens is 1. The van der Waals surface area contributed by atoms with E-state index in [0.717, 1.165) is 4.70 Å². The summed E-state index contributed by atoms with van der Waals surface area (Å²) in [6, 6.07) is 8.30. The third-order valence-corrected chi connectivity index (χ3v) is 4.30. The van der Waals surface area contributed by atoms with Gasteiger partial charge < -0.3 is 5.32 Å². The molecule has 0 spiro atoms. The summed E-state index contributed by atoms with van der Waals surface area (Å²) < 4.78 is 14.6. The normalized spacial score (nSPS) is 10.7. The van der Waals surface area contributed by atoms with Crippen molar-refractivity contribution in [1.82, 2.24) is 4.98 Å². The number of nitrogens with zero attached hydrogens (tertiary/aromatic N) is 1. The van der Waals surface area contributed by atoms with Gasteiger partial charge in [-0.15, -0.1) is 11.3 Å². The van der Waals surface area contributed by atoms with Crippen molar-refractivity contribution in [3.8, 4) is 0 Å². The Balaban J connectivity index is 2.00. The Bertz CT molecular complexity index is 783. The van der Waals surface area contributed by atoms with Gasteiger partial charge >= 0.3 is 0 Å². The molecule has 0 unspecified atom stereocenters. The second-order valence-electron chi connectivity index (χ2n) is 4.36. The number of aromatic nitrogens is 1. The molecule has 3 rings (SSSR count). The van der Waals surface area contributed by atoms with Crippen molar-refractivity contribution in [2.45, 2.75) is 6.92 Å². The zero-order chi connectivity index (χ0) is 14.1. The van der Waals surface area contributed by atoms with Gasteiger partial charge in [-0.2, -0.15) is 0 Å². The number of rotatable bonds is 2. The fourth-order valence-corrected chi connectivity index (χ4v) is 3.21. The maximum absolute atomic E-state index is 13.8. The summed E-state index contributed by atoms with van der Waals surface area (Å²) in [5.41, 5.74) is 1.34. The van der Waals surface area contributed by atoms with Crippen LogP contribution in [0.3, 0.4) is 0 Å². The summed E-state index contributed by atoms with van der Waals surface area (Å²) in [5.74, 6) is -0.520. The maximum atomic E-state index is 13.8. The van der Waals surface area contributed by atoms with Gasteiger partial charge in [-0.3, -0.25) is 9.78 Å². The Hall–Kier alpha value is -2.27. The summed E-state index contributed by atoms with van der Waals surface area (Å²) in [5, 5.41) is 3.31. The molecule has 0 aliphatic rings. The number of hydrogen-bond acceptors (Lipinski definition) is 3. The van der Waals surface area contributed by atoms with Gasteiger partial charge in [-0.25, -0.2) is 4.39 Å². The van der Waals surface area contributed by atoms with Crippen LogP contribution in [0.1, 0.15) is 15.2 Å². The largest absolute Gasteiger partial charge is 0.321 e. The SMILES string of the molecule is Cc1c(C(=O)Nc2ccncc2)sc2cccc(F)c12. The van der Waals surface area contributed by atoms with Gasteiger partial charge in [-0.1, -0.05) is 6.07 Å². The Morgan fingerprint density at radius 3 is 2.70 bits per heavy atom. The molecule has 0 bridgehead atoms. The fourth-order valence-electron chi connectivity index (χ4n) is 2.09. The molecule has 0 saturated carbocycles. The minimum Gasteiger partial charge on any atom is -0.321 e. The van der Waals surface area contributed by atoms with E-state index in [-0.39, 0.29) is 11.7 Å². The lowest BCUT2D eigenvalue weighted by Gasteiger charge is -2.03. The lowest BCUT2D eigenvalue weighted by atomic mass is 10.1. The minimum atomic E-state index is -0.292. The molecule has 1 amide bonds. The summed E-state index contributed by atoms with van der Waals surface area (Å²) in [4.78, 5) is 16.7. The molecule has 0 saturated heterocycles. The molecule has 0 aliphatic carbocycles. The second-order valence-corrected chi connectivity index (χ2v) is 5.41. The molecule has 1 N–H and O–H groups in total. The Morgan fingerprint density at radius 1 is 1.25 bits per heavy atom. The van der Waals surface area contributed by atoms with Crippen molar-refractivity contribution in [2.75, 3.05) is 5.32 Å². The van der Waals surface area contributed by atoms with Crippen LogP contribution < -0.4 is 5.32 Å². The molecule has 2 aromatic heterocycles. The van der Waals surface area contributed by atoms with Crippen molar-refractivity contribution >= 4 is 33.0 Å². The van der Waals surface area contributed by atoms with Crippen molar-refractivity contribution in [2.24, 2.45) is 0 Å². The highest BCUT2D eigenvalue weighted by Gasteiger charge is 2.17. The van der Waals surface area contributed by atoms with Gasteiger partial charge in [0.25, 0.3) is 5.91 Å². The number of anilines is 1. The number of carbonyl (C=O) groups excluding carboxylic acids is 1. The molecule has 1 aromatic carbocycles. The predicted octanol–water partition coefficient (Wildman–Crippen LogP) is 4.00. The highest BCUT2D eigenvalue weighted by atomic mass is 32.1. The monoisotopic (exact) mass is 286 g/mol. The first kappa shape index (κ1) is 12.7. The first-order valence-corrected chi connectivity index (χ1v) is 6.87. The molecule has 0 atom stereocenters. The summed E-state index contributed by atoms with van der Waals surface area (Å²) in [6.45, 7) is 1.77. The number of thiophene rings is 1. The average molecular weight is 286 g/mol. The molecule has 20 heavy (non-hydrogen) atoms. The van der Waals surface area contributed by atoms with Crippen LogP contribution in [0.4, 0.5) is 10.1 Å². The Labute approximate surface area is 119 Å². The van der Waals surface area contributed by atoms with Crippen LogP contribution in [-0.2, 0) is 0 Å². The highest BCUT2D eigenvalue weighted by molar-refractivity contribution is 7.21. The van der Waals surface area contributed by atoms with Crippen molar-refractivity contribution < 1.29 is 9.18 Å². The van der Waals surface area contributed by atoms with Crippen LogP contribution in [0.15, 0.2) is 42.7 Å². The van der Waals surface area contributed by atoms with Gasteiger partial charge in [0.15, 0.2) is 0 Å². The summed E-state index contributed by atoms with van der Waals surface area (Å²) >= 11 is 1.30. The molecule has 3 aromatic rings. The molecule has 100 valence electrons. The fraction of sp³-hybridized carbons (Fsp3) is 0.0667. The van der Waals surface area contributed by atoms with Crippen molar-refractivity contribution in [1.29, 1.82) is 0 Å². The molecular weight excluding hydrogens is 275 g/mol. The van der Waals surface area contributed by atoms with Gasteiger partial charge in [-0.05, 0) is 36.8 Å². The van der Waals surface area contributed by atoms with Crippen LogP contribution in [-0.4, -0.2) is 10.9 Å². The molecule has 3 nitrogen and oxygen atoms in total. The van der Waals surface area contributed by atoms with E-state index in [2.05, 4.69) is 10.3 Å². The predicted molar refractivity (Wildman–Crippen MR) is 78.7 cm³/mol. The minimum absolute atomic E-state index is 0.227. The third-order valence-electron chi connectivity index (χ3n) is 3.05. The van der Waals surface area contributed by atoms with E-state index < -0.39 is 0 Å². The maximum Gasteiger partial charge on any atom is 0.266 e. The number of hydrogen-bond donors (Lipinski definition) is 1. The van der Waals surface area contributed by atoms with E-state index in [9.17, 15) is 9.18 Å². The summed E-state index contributed by atoms with van der Waals surface area (Å²) in [6.07, 6.45) is 3.21. The van der Waals surface area contributed by atoms with Crippen LogP contribution in [0, 0.1) is 12.7 Å². The number of amides is 1. The van der Waals surface area contributed by atoms with Crippen LogP contribution in [0.2, 0.25) is 0 Å². The van der Waals surface area contributed by atoms with E-state index in [1.54, 1.807) is 37.5 Å². The zero-order valence-corrected chi connectivity index (χ0v) is 11.5. The van der Waals surface area contributed by atoms with Gasteiger partial charge in [0.1, 0.15) is 5.82 Å². The van der Waals surface area contributed by atoms with E-state index >= 15 is 0 Å². The van der Waals surface area contributed by atoms with Crippen molar-refractivity contribution in [3.63, 3.8) is 0 Å². The number of nitrogens with one attached hydrogen (secondary N) is 1. The van der Waals surface area contributed by atoms with Gasteiger partial charge in [0, 0.05) is 28.2 Å². The molecule has 0 aliphatic heterocycles. The van der Waals surface area contributed by atoms with Crippen LogP contribution in [0.5, 0.6) is 0 Å². The first-order chi connectivity index (χ1) is 9.66. The lowest BCUT2D eigenvalue weighted by molar-refractivity contribution is 0.103. The van der Waals surface area contributed by atoms with Gasteiger partial charge in [0.2, 0.25) is 0 Å². The van der Waals surface area contributed by atoms with Gasteiger partial charge in [0.05, 0.1) is 4.88 Å². The topological polar surface area (TPSA) is 42.0 Å². The molecule has 2 heterocycles. The highest BCUT2D eigenvalue weighted by Crippen LogP contribution is 2.32. The number of carbonyl (C=O) groups is 1. The molecular formula is C15H11FN2OS. The van der Waals surface area contributed by atoms with E-state index in [0.29, 0.717) is 21.5 Å². The van der Waals surface area contributed by atoms with Crippen LogP contribution >= 0.6 is 11.3 Å². The molecule has 5 heteroatoms.